The fourth-order valence-electron chi connectivity index (χ4n) is 2.18. The second-order valence-electron chi connectivity index (χ2n) is 4.67. The van der Waals surface area contributed by atoms with Crippen LogP contribution < -0.4 is 10.2 Å². The predicted molar refractivity (Wildman–Crippen MR) is 86.0 cm³/mol. The highest BCUT2D eigenvalue weighted by Gasteiger charge is 2.10. The maximum absolute atomic E-state index is 8.69. The minimum Gasteiger partial charge on any atom is -0.370 e. The van der Waals surface area contributed by atoms with E-state index in [1.54, 1.807) is 6.20 Å². The number of hydrogen-bond donors (Lipinski definition) is 1. The number of nitrogens with zero attached hydrogens (tertiary/aromatic N) is 4. The largest absolute Gasteiger partial charge is 0.370 e. The molecule has 0 aliphatic carbocycles. The highest BCUT2D eigenvalue weighted by molar-refractivity contribution is 7.99. The molecule has 2 aromatic rings. The van der Waals surface area contributed by atoms with Crippen molar-refractivity contribution in [1.82, 2.24) is 9.97 Å². The molecule has 1 fully saturated rings. The van der Waals surface area contributed by atoms with Gasteiger partial charge in [-0.2, -0.15) is 17.0 Å². The average Bonchev–Trinajstić information content (AvgIpc) is 2.57. The first-order chi connectivity index (χ1) is 10.3. The zero-order chi connectivity index (χ0) is 14.5. The van der Waals surface area contributed by atoms with Gasteiger partial charge >= 0.3 is 0 Å². The van der Waals surface area contributed by atoms with Crippen molar-refractivity contribution in [2.24, 2.45) is 0 Å². The third kappa shape index (κ3) is 3.44. The smallest absolute Gasteiger partial charge is 0.158 e. The molecule has 1 aromatic carbocycles. The summed E-state index contributed by atoms with van der Waals surface area (Å²) in [6, 6.07) is 10.3. The molecule has 0 unspecified atom stereocenters. The predicted octanol–water partition coefficient (Wildman–Crippen LogP) is 2.65. The Kier molecular flexibility index (Phi) is 4.22. The molecule has 0 amide bonds. The zero-order valence-electron chi connectivity index (χ0n) is 11.5. The minimum absolute atomic E-state index is 0.318. The molecule has 0 atom stereocenters. The molecule has 0 saturated carbocycles. The van der Waals surface area contributed by atoms with E-state index >= 15 is 0 Å². The fraction of sp³-hybridized carbons (Fsp3) is 0.267. The van der Waals surface area contributed by atoms with E-state index in [1.807, 2.05) is 30.0 Å². The van der Waals surface area contributed by atoms with Crippen molar-refractivity contribution in [2.45, 2.75) is 0 Å². The Labute approximate surface area is 128 Å². The van der Waals surface area contributed by atoms with Crippen LogP contribution in [-0.4, -0.2) is 34.6 Å². The molecule has 0 spiro atoms. The molecule has 1 aliphatic heterocycles. The second-order valence-corrected chi connectivity index (χ2v) is 5.89. The summed E-state index contributed by atoms with van der Waals surface area (Å²) in [6.07, 6.45) is 3.02. The Morgan fingerprint density at radius 2 is 1.86 bits per heavy atom. The molecule has 3 rings (SSSR count). The van der Waals surface area contributed by atoms with Crippen LogP contribution in [0.15, 0.2) is 36.7 Å². The van der Waals surface area contributed by atoms with Crippen LogP contribution in [0.3, 0.4) is 0 Å². The Morgan fingerprint density at radius 1 is 1.10 bits per heavy atom. The zero-order valence-corrected chi connectivity index (χ0v) is 12.3. The highest BCUT2D eigenvalue weighted by Crippen LogP contribution is 2.22. The van der Waals surface area contributed by atoms with Gasteiger partial charge in [-0.15, -0.1) is 0 Å². The lowest BCUT2D eigenvalue weighted by Gasteiger charge is -2.28. The van der Waals surface area contributed by atoms with Crippen LogP contribution in [0, 0.1) is 11.3 Å². The summed E-state index contributed by atoms with van der Waals surface area (Å²) in [5, 5.41) is 11.9. The summed E-state index contributed by atoms with van der Waals surface area (Å²) in [7, 11) is 0. The van der Waals surface area contributed by atoms with Gasteiger partial charge in [0.25, 0.3) is 0 Å². The summed E-state index contributed by atoms with van der Waals surface area (Å²) in [5.41, 5.74) is 2.54. The van der Waals surface area contributed by atoms with Gasteiger partial charge in [-0.1, -0.05) is 0 Å². The number of nitriles is 1. The van der Waals surface area contributed by atoms with Gasteiger partial charge in [-0.3, -0.25) is 0 Å². The lowest BCUT2D eigenvalue weighted by atomic mass is 10.2. The van der Waals surface area contributed by atoms with E-state index in [1.165, 1.54) is 23.4 Å². The lowest BCUT2D eigenvalue weighted by molar-refractivity contribution is 0.859. The molecule has 1 aromatic heterocycles. The summed E-state index contributed by atoms with van der Waals surface area (Å²) in [6.45, 7) is 2.22. The summed E-state index contributed by atoms with van der Waals surface area (Å²) in [5.74, 6) is 3.03. The maximum atomic E-state index is 8.69. The van der Waals surface area contributed by atoms with Crippen LogP contribution in [0.25, 0.3) is 0 Å². The molecule has 5 nitrogen and oxygen atoms in total. The third-order valence-electron chi connectivity index (χ3n) is 3.28. The summed E-state index contributed by atoms with van der Waals surface area (Å²) < 4.78 is 0. The summed E-state index contributed by atoms with van der Waals surface area (Å²) >= 11 is 2.01. The molecule has 1 N–H and O–H groups in total. The molecule has 106 valence electrons. The van der Waals surface area contributed by atoms with E-state index in [0.717, 1.165) is 18.8 Å². The van der Waals surface area contributed by atoms with Gasteiger partial charge in [0.2, 0.25) is 0 Å². The Balaban J connectivity index is 1.67. The third-order valence-corrected chi connectivity index (χ3v) is 4.22. The molecular weight excluding hydrogens is 282 g/mol. The van der Waals surface area contributed by atoms with E-state index < -0.39 is 0 Å². The van der Waals surface area contributed by atoms with Gasteiger partial charge < -0.3 is 10.2 Å². The van der Waals surface area contributed by atoms with Crippen molar-refractivity contribution in [3.05, 3.63) is 42.4 Å². The van der Waals surface area contributed by atoms with Gasteiger partial charge in [0, 0.05) is 36.0 Å². The molecule has 2 heterocycles. The molecule has 1 aliphatic rings. The standard InChI is InChI=1S/C15H15N5S/c16-9-13-10-18-15(11-17-13)19-12-1-3-14(4-2-12)20-5-7-21-8-6-20/h1-4,10-11H,5-8H2,(H,18,19). The normalized spacial score (nSPS) is 14.5. The first kappa shape index (κ1) is 13.7. The highest BCUT2D eigenvalue weighted by atomic mass is 32.2. The number of benzene rings is 1. The van der Waals surface area contributed by atoms with Crippen molar-refractivity contribution in [3.63, 3.8) is 0 Å². The van der Waals surface area contributed by atoms with Crippen LogP contribution in [0.4, 0.5) is 17.2 Å². The molecule has 1 saturated heterocycles. The summed E-state index contributed by atoms with van der Waals surface area (Å²) in [4.78, 5) is 10.5. The van der Waals surface area contributed by atoms with Gasteiger partial charge in [0.1, 0.15) is 11.9 Å². The van der Waals surface area contributed by atoms with Crippen molar-refractivity contribution < 1.29 is 0 Å². The van der Waals surface area contributed by atoms with E-state index in [4.69, 9.17) is 5.26 Å². The van der Waals surface area contributed by atoms with Crippen LogP contribution >= 0.6 is 11.8 Å². The minimum atomic E-state index is 0.318. The van der Waals surface area contributed by atoms with E-state index in [9.17, 15) is 0 Å². The molecule has 21 heavy (non-hydrogen) atoms. The maximum Gasteiger partial charge on any atom is 0.158 e. The van der Waals surface area contributed by atoms with Crippen molar-refractivity contribution in [3.8, 4) is 6.07 Å². The number of thioether (sulfide) groups is 1. The van der Waals surface area contributed by atoms with Crippen LogP contribution in [0.1, 0.15) is 5.69 Å². The molecule has 0 radical (unpaired) electrons. The molecule has 0 bridgehead atoms. The van der Waals surface area contributed by atoms with Gasteiger partial charge in [0.15, 0.2) is 5.69 Å². The van der Waals surface area contributed by atoms with Crippen molar-refractivity contribution >= 4 is 29.0 Å². The second kappa shape index (κ2) is 6.46. The van der Waals surface area contributed by atoms with Gasteiger partial charge in [-0.05, 0) is 24.3 Å². The van der Waals surface area contributed by atoms with E-state index in [-0.39, 0.29) is 0 Å². The van der Waals surface area contributed by atoms with Gasteiger partial charge in [-0.25, -0.2) is 9.97 Å². The Bertz CT molecular complexity index is 627. The van der Waals surface area contributed by atoms with E-state index in [0.29, 0.717) is 11.5 Å². The topological polar surface area (TPSA) is 64.8 Å². The quantitative estimate of drug-likeness (QED) is 0.939. The Morgan fingerprint density at radius 3 is 2.48 bits per heavy atom. The SMILES string of the molecule is N#Cc1cnc(Nc2ccc(N3CCSCC3)cc2)cn1. The average molecular weight is 297 g/mol. The Hall–Kier alpha value is -2.26. The van der Waals surface area contributed by atoms with Crippen LogP contribution in [0.2, 0.25) is 0 Å². The first-order valence-corrected chi connectivity index (χ1v) is 7.92. The van der Waals surface area contributed by atoms with Crippen LogP contribution in [0.5, 0.6) is 0 Å². The number of nitrogens with one attached hydrogen (secondary N) is 1. The number of hydrogen-bond acceptors (Lipinski definition) is 6. The fourth-order valence-corrected chi connectivity index (χ4v) is 3.08. The van der Waals surface area contributed by atoms with Crippen molar-refractivity contribution in [2.75, 3.05) is 34.8 Å². The number of aromatic nitrogens is 2. The van der Waals surface area contributed by atoms with Gasteiger partial charge in [0.05, 0.1) is 12.4 Å². The number of rotatable bonds is 3. The van der Waals surface area contributed by atoms with E-state index in [2.05, 4.69) is 32.3 Å². The number of anilines is 3. The van der Waals surface area contributed by atoms with Crippen LogP contribution in [-0.2, 0) is 0 Å². The molecule has 6 heteroatoms. The van der Waals surface area contributed by atoms with Crippen molar-refractivity contribution in [1.29, 1.82) is 5.26 Å². The molecular formula is C15H15N5S. The monoisotopic (exact) mass is 297 g/mol. The first-order valence-electron chi connectivity index (χ1n) is 6.77. The lowest BCUT2D eigenvalue weighted by Crippen LogP contribution is -2.32.